The minimum atomic E-state index is -0.346. The maximum Gasteiger partial charge on any atom is 0.275 e. The molecule has 2 aromatic rings. The smallest absolute Gasteiger partial charge is 0.275 e. The van der Waals surface area contributed by atoms with Crippen LogP contribution in [0, 0.1) is 6.92 Å². The lowest BCUT2D eigenvalue weighted by atomic mass is 10.1. The fourth-order valence-corrected chi connectivity index (χ4v) is 1.64. The number of hydrogen-bond donors (Lipinski definition) is 2. The number of hydrogen-bond acceptors (Lipinski definition) is 4. The zero-order valence-corrected chi connectivity index (χ0v) is 11.2. The van der Waals surface area contributed by atoms with Crippen molar-refractivity contribution in [3.8, 4) is 0 Å². The van der Waals surface area contributed by atoms with Crippen LogP contribution in [-0.2, 0) is 4.79 Å². The molecule has 0 atom stereocenters. The van der Waals surface area contributed by atoms with Crippen LogP contribution < -0.4 is 10.6 Å². The lowest BCUT2D eigenvalue weighted by Gasteiger charge is -2.10. The van der Waals surface area contributed by atoms with Gasteiger partial charge in [0.15, 0.2) is 0 Å². The number of rotatable bonds is 3. The summed E-state index contributed by atoms with van der Waals surface area (Å²) < 4.78 is 0. The van der Waals surface area contributed by atoms with Gasteiger partial charge in [0, 0.05) is 30.7 Å². The molecule has 0 saturated heterocycles. The Bertz CT molecular complexity index is 641. The Morgan fingerprint density at radius 2 is 1.95 bits per heavy atom. The van der Waals surface area contributed by atoms with Crippen molar-refractivity contribution in [1.29, 1.82) is 0 Å². The standard InChI is InChI=1S/C14H14N4O2/c1-9-3-4-11(17-10(2)19)7-12(9)18-14(20)13-8-15-5-6-16-13/h3-8H,1-2H3,(H,17,19)(H,18,20). The van der Waals surface area contributed by atoms with Crippen LogP contribution in [0.2, 0.25) is 0 Å². The van der Waals surface area contributed by atoms with E-state index in [1.165, 1.54) is 25.5 Å². The van der Waals surface area contributed by atoms with E-state index in [4.69, 9.17) is 0 Å². The first kappa shape index (κ1) is 13.7. The molecule has 0 aliphatic rings. The number of anilines is 2. The van der Waals surface area contributed by atoms with Gasteiger partial charge in [0.25, 0.3) is 5.91 Å². The van der Waals surface area contributed by atoms with E-state index in [1.807, 2.05) is 13.0 Å². The van der Waals surface area contributed by atoms with Crippen molar-refractivity contribution in [3.05, 3.63) is 48.0 Å². The first-order chi connectivity index (χ1) is 9.56. The van der Waals surface area contributed by atoms with Crippen LogP contribution in [0.15, 0.2) is 36.8 Å². The van der Waals surface area contributed by atoms with Gasteiger partial charge in [-0.05, 0) is 24.6 Å². The Hall–Kier alpha value is -2.76. The molecule has 102 valence electrons. The van der Waals surface area contributed by atoms with E-state index in [9.17, 15) is 9.59 Å². The highest BCUT2D eigenvalue weighted by molar-refractivity contribution is 6.03. The Kier molecular flexibility index (Phi) is 4.05. The van der Waals surface area contributed by atoms with Crippen molar-refractivity contribution in [3.63, 3.8) is 0 Å². The topological polar surface area (TPSA) is 84.0 Å². The number of carbonyl (C=O) groups excluding carboxylic acids is 2. The number of aromatic nitrogens is 2. The van der Waals surface area contributed by atoms with Crippen LogP contribution in [-0.4, -0.2) is 21.8 Å². The van der Waals surface area contributed by atoms with Gasteiger partial charge < -0.3 is 10.6 Å². The lowest BCUT2D eigenvalue weighted by Crippen LogP contribution is -2.15. The first-order valence-corrected chi connectivity index (χ1v) is 6.02. The molecule has 2 N–H and O–H groups in total. The summed E-state index contributed by atoms with van der Waals surface area (Å²) in [6, 6.07) is 5.29. The van der Waals surface area contributed by atoms with E-state index in [1.54, 1.807) is 12.1 Å². The Morgan fingerprint density at radius 3 is 2.60 bits per heavy atom. The Morgan fingerprint density at radius 1 is 1.15 bits per heavy atom. The number of benzene rings is 1. The largest absolute Gasteiger partial charge is 0.326 e. The van der Waals surface area contributed by atoms with Gasteiger partial charge in [-0.2, -0.15) is 0 Å². The highest BCUT2D eigenvalue weighted by Crippen LogP contribution is 2.20. The van der Waals surface area contributed by atoms with Crippen molar-refractivity contribution in [1.82, 2.24) is 9.97 Å². The Labute approximate surface area is 116 Å². The van der Waals surface area contributed by atoms with Gasteiger partial charge in [-0.1, -0.05) is 6.07 Å². The van der Waals surface area contributed by atoms with Gasteiger partial charge in [0.05, 0.1) is 6.20 Å². The van der Waals surface area contributed by atoms with Gasteiger partial charge in [0.2, 0.25) is 5.91 Å². The molecule has 1 heterocycles. The molecule has 20 heavy (non-hydrogen) atoms. The monoisotopic (exact) mass is 270 g/mol. The second kappa shape index (κ2) is 5.92. The number of nitrogens with one attached hydrogen (secondary N) is 2. The van der Waals surface area contributed by atoms with Gasteiger partial charge >= 0.3 is 0 Å². The fraction of sp³-hybridized carbons (Fsp3) is 0.143. The second-order valence-corrected chi connectivity index (χ2v) is 4.26. The average Bonchev–Trinajstić information content (AvgIpc) is 2.43. The molecule has 0 aliphatic heterocycles. The molecule has 6 nitrogen and oxygen atoms in total. The van der Waals surface area contributed by atoms with Crippen molar-refractivity contribution in [2.45, 2.75) is 13.8 Å². The van der Waals surface area contributed by atoms with Crippen molar-refractivity contribution < 1.29 is 9.59 Å². The van der Waals surface area contributed by atoms with E-state index in [-0.39, 0.29) is 17.5 Å². The molecule has 0 bridgehead atoms. The summed E-state index contributed by atoms with van der Waals surface area (Å²) in [7, 11) is 0. The third-order valence-electron chi connectivity index (χ3n) is 2.60. The van der Waals surface area contributed by atoms with Crippen LogP contribution in [0.3, 0.4) is 0 Å². The average molecular weight is 270 g/mol. The van der Waals surface area contributed by atoms with E-state index in [0.29, 0.717) is 11.4 Å². The molecule has 0 spiro atoms. The van der Waals surface area contributed by atoms with Gasteiger partial charge in [-0.3, -0.25) is 14.6 Å². The minimum absolute atomic E-state index is 0.167. The lowest BCUT2D eigenvalue weighted by molar-refractivity contribution is -0.114. The summed E-state index contributed by atoms with van der Waals surface area (Å²) in [6.07, 6.45) is 4.34. The predicted octanol–water partition coefficient (Wildman–Crippen LogP) is 2.00. The van der Waals surface area contributed by atoms with Crippen LogP contribution in [0.1, 0.15) is 23.0 Å². The molecule has 1 aromatic carbocycles. The predicted molar refractivity (Wildman–Crippen MR) is 75.5 cm³/mol. The molecule has 6 heteroatoms. The van der Waals surface area contributed by atoms with Crippen molar-refractivity contribution in [2.24, 2.45) is 0 Å². The molecular formula is C14H14N4O2. The van der Waals surface area contributed by atoms with Crippen LogP contribution in [0.5, 0.6) is 0 Å². The number of aryl methyl sites for hydroxylation is 1. The highest BCUT2D eigenvalue weighted by Gasteiger charge is 2.09. The van der Waals surface area contributed by atoms with E-state index in [2.05, 4.69) is 20.6 Å². The first-order valence-electron chi connectivity index (χ1n) is 6.02. The van der Waals surface area contributed by atoms with Crippen LogP contribution in [0.4, 0.5) is 11.4 Å². The molecule has 0 unspecified atom stereocenters. The normalized spacial score (nSPS) is 9.90. The van der Waals surface area contributed by atoms with Gasteiger partial charge in [-0.25, -0.2) is 4.98 Å². The maximum absolute atomic E-state index is 12.0. The quantitative estimate of drug-likeness (QED) is 0.893. The molecule has 0 radical (unpaired) electrons. The van der Waals surface area contributed by atoms with Gasteiger partial charge in [0.1, 0.15) is 5.69 Å². The summed E-state index contributed by atoms with van der Waals surface area (Å²) >= 11 is 0. The zero-order valence-electron chi connectivity index (χ0n) is 11.2. The SMILES string of the molecule is CC(=O)Nc1ccc(C)c(NC(=O)c2cnccn2)c1. The van der Waals surface area contributed by atoms with Crippen LogP contribution in [0.25, 0.3) is 0 Å². The molecule has 0 fully saturated rings. The second-order valence-electron chi connectivity index (χ2n) is 4.26. The molecule has 1 aromatic heterocycles. The maximum atomic E-state index is 12.0. The molecule has 0 aliphatic carbocycles. The third kappa shape index (κ3) is 3.38. The Balaban J connectivity index is 2.20. The number of carbonyl (C=O) groups is 2. The minimum Gasteiger partial charge on any atom is -0.326 e. The highest BCUT2D eigenvalue weighted by atomic mass is 16.2. The van der Waals surface area contributed by atoms with Gasteiger partial charge in [-0.15, -0.1) is 0 Å². The summed E-state index contributed by atoms with van der Waals surface area (Å²) in [5.74, 6) is -0.513. The summed E-state index contributed by atoms with van der Waals surface area (Å²) in [4.78, 5) is 30.8. The number of amides is 2. The fourth-order valence-electron chi connectivity index (χ4n) is 1.64. The van der Waals surface area contributed by atoms with E-state index in [0.717, 1.165) is 5.56 Å². The van der Waals surface area contributed by atoms with E-state index < -0.39 is 0 Å². The van der Waals surface area contributed by atoms with Crippen LogP contribution >= 0.6 is 0 Å². The zero-order chi connectivity index (χ0) is 14.5. The summed E-state index contributed by atoms with van der Waals surface area (Å²) in [5.41, 5.74) is 2.36. The van der Waals surface area contributed by atoms with Crippen molar-refractivity contribution >= 4 is 23.2 Å². The van der Waals surface area contributed by atoms with Crippen molar-refractivity contribution in [2.75, 3.05) is 10.6 Å². The third-order valence-corrected chi connectivity index (χ3v) is 2.60. The summed E-state index contributed by atoms with van der Waals surface area (Å²) in [6.45, 7) is 3.29. The molecule has 2 amide bonds. The molecule has 0 saturated carbocycles. The summed E-state index contributed by atoms with van der Waals surface area (Å²) in [5, 5.41) is 5.41. The molecular weight excluding hydrogens is 256 g/mol. The molecule has 2 rings (SSSR count). The number of nitrogens with zero attached hydrogens (tertiary/aromatic N) is 2. The van der Waals surface area contributed by atoms with E-state index >= 15 is 0 Å².